The van der Waals surface area contributed by atoms with Crippen molar-refractivity contribution in [3.8, 4) is 5.75 Å². The number of anilines is 2. The van der Waals surface area contributed by atoms with Crippen molar-refractivity contribution in [3.63, 3.8) is 0 Å². The number of alkyl halides is 3. The molecular weight excluding hydrogens is 357 g/mol. The molecule has 2 N–H and O–H groups in total. The second-order valence-corrected chi connectivity index (χ2v) is 5.58. The predicted molar refractivity (Wildman–Crippen MR) is 91.2 cm³/mol. The van der Waals surface area contributed by atoms with Crippen LogP contribution in [0, 0.1) is 0 Å². The van der Waals surface area contributed by atoms with Crippen LogP contribution in [0.4, 0.5) is 24.5 Å². The summed E-state index contributed by atoms with van der Waals surface area (Å²) in [6.07, 6.45) is -4.39. The van der Waals surface area contributed by atoms with Gasteiger partial charge in [0.2, 0.25) is 5.91 Å². The number of carbonyl (C=O) groups is 1. The minimum Gasteiger partial charge on any atom is -0.495 e. The van der Waals surface area contributed by atoms with Gasteiger partial charge in [-0.3, -0.25) is 4.79 Å². The van der Waals surface area contributed by atoms with Gasteiger partial charge in [0.15, 0.2) is 0 Å². The molecule has 2 aromatic carbocycles. The third-order valence-electron chi connectivity index (χ3n) is 3.30. The summed E-state index contributed by atoms with van der Waals surface area (Å²) >= 11 is 5.91. The SMILES string of the molecule is COc1ccc(Cl)cc1NCCC(=O)Nc1cccc(C(F)(F)F)c1. The molecule has 0 aromatic heterocycles. The standard InChI is InChI=1S/C17H16ClF3N2O2/c1-25-15-6-5-12(18)10-14(15)22-8-7-16(24)23-13-4-2-3-11(9-13)17(19,20)21/h2-6,9-10,22H,7-8H2,1H3,(H,23,24). The zero-order valence-electron chi connectivity index (χ0n) is 13.3. The summed E-state index contributed by atoms with van der Waals surface area (Å²) in [4.78, 5) is 11.9. The summed E-state index contributed by atoms with van der Waals surface area (Å²) in [6.45, 7) is 0.265. The zero-order valence-corrected chi connectivity index (χ0v) is 14.0. The molecular formula is C17H16ClF3N2O2. The smallest absolute Gasteiger partial charge is 0.416 e. The minimum atomic E-state index is -4.45. The number of methoxy groups -OCH3 is 1. The van der Waals surface area contributed by atoms with Crippen LogP contribution in [-0.4, -0.2) is 19.6 Å². The van der Waals surface area contributed by atoms with Gasteiger partial charge < -0.3 is 15.4 Å². The van der Waals surface area contributed by atoms with Crippen LogP contribution in [-0.2, 0) is 11.0 Å². The van der Waals surface area contributed by atoms with Gasteiger partial charge in [-0.25, -0.2) is 0 Å². The number of rotatable bonds is 6. The van der Waals surface area contributed by atoms with Crippen LogP contribution in [0.2, 0.25) is 5.02 Å². The number of ether oxygens (including phenoxy) is 1. The fraction of sp³-hybridized carbons (Fsp3) is 0.235. The Balaban J connectivity index is 1.90. The maximum atomic E-state index is 12.7. The average molecular weight is 373 g/mol. The third kappa shape index (κ3) is 5.56. The van der Waals surface area contributed by atoms with Gasteiger partial charge in [0.1, 0.15) is 5.75 Å². The Morgan fingerprint density at radius 1 is 1.20 bits per heavy atom. The molecule has 0 radical (unpaired) electrons. The van der Waals surface area contributed by atoms with Gasteiger partial charge in [-0.05, 0) is 36.4 Å². The molecule has 0 unspecified atom stereocenters. The third-order valence-corrected chi connectivity index (χ3v) is 3.54. The molecule has 4 nitrogen and oxygen atoms in total. The van der Waals surface area contributed by atoms with E-state index >= 15 is 0 Å². The molecule has 0 bridgehead atoms. The van der Waals surface area contributed by atoms with Gasteiger partial charge in [0.25, 0.3) is 0 Å². The van der Waals surface area contributed by atoms with Crippen LogP contribution < -0.4 is 15.4 Å². The van der Waals surface area contributed by atoms with Gasteiger partial charge >= 0.3 is 6.18 Å². The minimum absolute atomic E-state index is 0.0614. The van der Waals surface area contributed by atoms with Crippen molar-refractivity contribution in [1.82, 2.24) is 0 Å². The Labute approximate surface area is 147 Å². The monoisotopic (exact) mass is 372 g/mol. The van der Waals surface area contributed by atoms with E-state index in [1.54, 1.807) is 18.2 Å². The zero-order chi connectivity index (χ0) is 18.4. The molecule has 8 heteroatoms. The van der Waals surface area contributed by atoms with E-state index in [1.807, 2.05) is 0 Å². The second-order valence-electron chi connectivity index (χ2n) is 5.15. The number of hydrogen-bond donors (Lipinski definition) is 2. The molecule has 0 atom stereocenters. The van der Waals surface area contributed by atoms with Gasteiger partial charge in [-0.15, -0.1) is 0 Å². The number of amides is 1. The van der Waals surface area contributed by atoms with Gasteiger partial charge in [-0.2, -0.15) is 13.2 Å². The van der Waals surface area contributed by atoms with Crippen molar-refractivity contribution in [2.45, 2.75) is 12.6 Å². The Morgan fingerprint density at radius 2 is 1.96 bits per heavy atom. The van der Waals surface area contributed by atoms with Crippen LogP contribution >= 0.6 is 11.6 Å². The summed E-state index contributed by atoms with van der Waals surface area (Å²) in [7, 11) is 1.51. The first-order chi connectivity index (χ1) is 11.8. The van der Waals surface area contributed by atoms with Gasteiger partial charge in [-0.1, -0.05) is 17.7 Å². The molecule has 1 amide bonds. The first kappa shape index (κ1) is 18.9. The fourth-order valence-electron chi connectivity index (χ4n) is 2.13. The summed E-state index contributed by atoms with van der Waals surface area (Å²) < 4.78 is 43.1. The lowest BCUT2D eigenvalue weighted by atomic mass is 10.2. The predicted octanol–water partition coefficient (Wildman–Crippen LogP) is 4.81. The number of carbonyl (C=O) groups excluding carboxylic acids is 1. The van der Waals surface area contributed by atoms with Gasteiger partial charge in [0.05, 0.1) is 18.4 Å². The van der Waals surface area contributed by atoms with Crippen LogP contribution in [0.25, 0.3) is 0 Å². The molecule has 2 aromatic rings. The summed E-state index contributed by atoms with van der Waals surface area (Å²) in [5.41, 5.74) is -0.0888. The highest BCUT2D eigenvalue weighted by molar-refractivity contribution is 6.30. The highest BCUT2D eigenvalue weighted by Crippen LogP contribution is 2.31. The second kappa shape index (κ2) is 8.11. The molecule has 134 valence electrons. The van der Waals surface area contributed by atoms with E-state index in [1.165, 1.54) is 19.2 Å². The van der Waals surface area contributed by atoms with Crippen LogP contribution in [0.3, 0.4) is 0 Å². The number of benzene rings is 2. The molecule has 0 aliphatic heterocycles. The molecule has 0 spiro atoms. The lowest BCUT2D eigenvalue weighted by Crippen LogP contribution is -2.17. The number of hydrogen-bond acceptors (Lipinski definition) is 3. The van der Waals surface area contributed by atoms with Crippen molar-refractivity contribution in [3.05, 3.63) is 53.1 Å². The fourth-order valence-corrected chi connectivity index (χ4v) is 2.30. The van der Waals surface area contributed by atoms with E-state index in [2.05, 4.69) is 10.6 Å². The van der Waals surface area contributed by atoms with Crippen LogP contribution in [0.15, 0.2) is 42.5 Å². The van der Waals surface area contributed by atoms with E-state index in [0.29, 0.717) is 16.5 Å². The topological polar surface area (TPSA) is 50.4 Å². The van der Waals surface area contributed by atoms with E-state index in [9.17, 15) is 18.0 Å². The highest BCUT2D eigenvalue weighted by atomic mass is 35.5. The van der Waals surface area contributed by atoms with E-state index in [4.69, 9.17) is 16.3 Å². The molecule has 2 rings (SSSR count). The first-order valence-corrected chi connectivity index (χ1v) is 7.72. The first-order valence-electron chi connectivity index (χ1n) is 7.34. The number of nitrogens with one attached hydrogen (secondary N) is 2. The van der Waals surface area contributed by atoms with Crippen molar-refractivity contribution >= 4 is 28.9 Å². The largest absolute Gasteiger partial charge is 0.495 e. The Bertz CT molecular complexity index is 751. The molecule has 25 heavy (non-hydrogen) atoms. The highest BCUT2D eigenvalue weighted by Gasteiger charge is 2.30. The molecule has 0 fully saturated rings. The molecule has 0 saturated carbocycles. The normalized spacial score (nSPS) is 11.1. The van der Waals surface area contributed by atoms with Crippen molar-refractivity contribution < 1.29 is 22.7 Å². The Kier molecular flexibility index (Phi) is 6.14. The van der Waals surface area contributed by atoms with Crippen LogP contribution in [0.1, 0.15) is 12.0 Å². The van der Waals surface area contributed by atoms with Gasteiger partial charge in [0, 0.05) is 23.7 Å². The molecule has 0 heterocycles. The van der Waals surface area contributed by atoms with Crippen molar-refractivity contribution in [2.24, 2.45) is 0 Å². The van der Waals surface area contributed by atoms with E-state index in [-0.39, 0.29) is 18.7 Å². The van der Waals surface area contributed by atoms with Crippen molar-refractivity contribution in [2.75, 3.05) is 24.3 Å². The number of halogens is 4. The lowest BCUT2D eigenvalue weighted by Gasteiger charge is -2.12. The maximum Gasteiger partial charge on any atom is 0.416 e. The lowest BCUT2D eigenvalue weighted by molar-refractivity contribution is -0.137. The van der Waals surface area contributed by atoms with E-state index in [0.717, 1.165) is 12.1 Å². The Morgan fingerprint density at radius 3 is 2.64 bits per heavy atom. The Hall–Kier alpha value is -2.41. The molecule has 0 aliphatic carbocycles. The molecule has 0 saturated heterocycles. The maximum absolute atomic E-state index is 12.7. The average Bonchev–Trinajstić information content (AvgIpc) is 2.54. The van der Waals surface area contributed by atoms with Crippen molar-refractivity contribution in [1.29, 1.82) is 0 Å². The summed E-state index contributed by atoms with van der Waals surface area (Å²) in [6, 6.07) is 9.51. The van der Waals surface area contributed by atoms with E-state index < -0.39 is 17.6 Å². The van der Waals surface area contributed by atoms with Crippen LogP contribution in [0.5, 0.6) is 5.75 Å². The summed E-state index contributed by atoms with van der Waals surface area (Å²) in [5.74, 6) is 0.163. The summed E-state index contributed by atoms with van der Waals surface area (Å²) in [5, 5.41) is 5.96. The quantitative estimate of drug-likeness (QED) is 0.765. The molecule has 0 aliphatic rings.